The molecule has 0 aliphatic carbocycles. The van der Waals surface area contributed by atoms with Gasteiger partial charge in [-0.3, -0.25) is 4.79 Å². The second kappa shape index (κ2) is 7.16. The lowest BCUT2D eigenvalue weighted by Crippen LogP contribution is -2.40. The number of hydrogen-bond donors (Lipinski definition) is 1. The molecule has 1 aromatic carbocycles. The molecule has 0 aliphatic rings. The highest BCUT2D eigenvalue weighted by molar-refractivity contribution is 7.91. The first kappa shape index (κ1) is 17.5. The molecule has 0 radical (unpaired) electrons. The van der Waals surface area contributed by atoms with E-state index in [1.807, 2.05) is 18.2 Å². The van der Waals surface area contributed by atoms with Crippen molar-refractivity contribution in [3.8, 4) is 11.4 Å². The van der Waals surface area contributed by atoms with Gasteiger partial charge in [0.1, 0.15) is 6.04 Å². The van der Waals surface area contributed by atoms with Crippen molar-refractivity contribution >= 4 is 27.5 Å². The van der Waals surface area contributed by atoms with Crippen LogP contribution in [0.2, 0.25) is 0 Å². The van der Waals surface area contributed by atoms with Crippen LogP contribution in [0.4, 0.5) is 0 Å². The normalized spacial score (nSPS) is 13.0. The number of ether oxygens (including phenoxy) is 1. The number of nitrogens with zero attached hydrogens (tertiary/aromatic N) is 2. The van der Waals surface area contributed by atoms with E-state index in [-0.39, 0.29) is 10.4 Å². The van der Waals surface area contributed by atoms with Crippen LogP contribution < -0.4 is 4.72 Å². The van der Waals surface area contributed by atoms with Crippen molar-refractivity contribution in [3.63, 3.8) is 0 Å². The summed E-state index contributed by atoms with van der Waals surface area (Å²) >= 11 is 0.755. The van der Waals surface area contributed by atoms with Crippen LogP contribution in [0.5, 0.6) is 0 Å². The zero-order chi connectivity index (χ0) is 17.0. The molecular weight excluding hydrogens is 338 g/mol. The fraction of sp³-hybridized carbons (Fsp3) is 0.357. The van der Waals surface area contributed by atoms with E-state index in [9.17, 15) is 13.2 Å². The monoisotopic (exact) mass is 355 g/mol. The molecule has 0 bridgehead atoms. The smallest absolute Gasteiger partial charge is 0.324 e. The van der Waals surface area contributed by atoms with Crippen LogP contribution in [0.1, 0.15) is 20.8 Å². The van der Waals surface area contributed by atoms with Crippen molar-refractivity contribution in [2.45, 2.75) is 37.3 Å². The highest BCUT2D eigenvalue weighted by Gasteiger charge is 2.27. The fourth-order valence-corrected chi connectivity index (χ4v) is 3.64. The van der Waals surface area contributed by atoms with Crippen LogP contribution in [0.3, 0.4) is 0 Å². The molecule has 124 valence electrons. The first-order valence-corrected chi connectivity index (χ1v) is 9.17. The van der Waals surface area contributed by atoms with Gasteiger partial charge in [-0.2, -0.15) is 9.10 Å². The number of esters is 1. The molecule has 0 spiro atoms. The van der Waals surface area contributed by atoms with Crippen molar-refractivity contribution in [1.82, 2.24) is 14.1 Å². The summed E-state index contributed by atoms with van der Waals surface area (Å²) in [5, 5.41) is 0. The quantitative estimate of drug-likeness (QED) is 0.794. The molecule has 0 saturated heterocycles. The van der Waals surface area contributed by atoms with E-state index < -0.39 is 22.0 Å². The Bertz CT molecular complexity index is 772. The van der Waals surface area contributed by atoms with E-state index in [2.05, 4.69) is 14.1 Å². The molecule has 2 rings (SSSR count). The van der Waals surface area contributed by atoms with Crippen molar-refractivity contribution in [2.75, 3.05) is 0 Å². The molecule has 1 N–H and O–H groups in total. The Hall–Kier alpha value is -1.84. The van der Waals surface area contributed by atoms with Crippen LogP contribution in [0, 0.1) is 0 Å². The maximum Gasteiger partial charge on any atom is 0.324 e. The second-order valence-corrected chi connectivity index (χ2v) is 7.72. The van der Waals surface area contributed by atoms with Crippen LogP contribution in [0.25, 0.3) is 11.4 Å². The van der Waals surface area contributed by atoms with Gasteiger partial charge in [0.2, 0.25) is 4.34 Å². The SMILES string of the molecule is CC(C)OC(=O)C(C)NS(=O)(=O)c1nc(-c2ccccc2)ns1. The van der Waals surface area contributed by atoms with Crippen LogP contribution in [0.15, 0.2) is 34.7 Å². The van der Waals surface area contributed by atoms with Gasteiger partial charge in [-0.25, -0.2) is 13.4 Å². The summed E-state index contributed by atoms with van der Waals surface area (Å²) in [6, 6.07) is 8.03. The molecule has 0 aliphatic heterocycles. The first-order chi connectivity index (χ1) is 10.8. The molecule has 1 heterocycles. The Morgan fingerprint density at radius 2 is 1.87 bits per heavy atom. The van der Waals surface area contributed by atoms with Gasteiger partial charge in [0.25, 0.3) is 10.0 Å². The third kappa shape index (κ3) is 4.57. The summed E-state index contributed by atoms with van der Waals surface area (Å²) in [6.07, 6.45) is -0.319. The lowest BCUT2D eigenvalue weighted by molar-refractivity contribution is -0.148. The largest absolute Gasteiger partial charge is 0.462 e. The van der Waals surface area contributed by atoms with Gasteiger partial charge >= 0.3 is 5.97 Å². The molecule has 1 atom stereocenters. The molecule has 1 unspecified atom stereocenters. The highest BCUT2D eigenvalue weighted by Crippen LogP contribution is 2.20. The summed E-state index contributed by atoms with van der Waals surface area (Å²) in [4.78, 5) is 15.7. The zero-order valence-corrected chi connectivity index (χ0v) is 14.5. The molecular formula is C14H17N3O4S2. The average Bonchev–Trinajstić information content (AvgIpc) is 2.97. The van der Waals surface area contributed by atoms with Gasteiger partial charge in [0, 0.05) is 5.56 Å². The number of rotatable bonds is 6. The average molecular weight is 355 g/mol. The van der Waals surface area contributed by atoms with Crippen LogP contribution >= 0.6 is 11.5 Å². The van der Waals surface area contributed by atoms with E-state index in [1.54, 1.807) is 26.0 Å². The third-order valence-corrected chi connectivity index (χ3v) is 5.32. The van der Waals surface area contributed by atoms with E-state index in [1.165, 1.54) is 6.92 Å². The Kier molecular flexibility index (Phi) is 5.45. The number of carbonyl (C=O) groups excluding carboxylic acids is 1. The van der Waals surface area contributed by atoms with E-state index >= 15 is 0 Å². The summed E-state index contributed by atoms with van der Waals surface area (Å²) < 4.78 is 35.6. The van der Waals surface area contributed by atoms with E-state index in [0.717, 1.165) is 17.1 Å². The Morgan fingerprint density at radius 3 is 2.48 bits per heavy atom. The van der Waals surface area contributed by atoms with Gasteiger partial charge < -0.3 is 4.74 Å². The number of aromatic nitrogens is 2. The number of sulfonamides is 1. The summed E-state index contributed by atoms with van der Waals surface area (Å²) in [5.74, 6) is -0.315. The fourth-order valence-electron chi connectivity index (χ4n) is 1.69. The summed E-state index contributed by atoms with van der Waals surface area (Å²) in [5.41, 5.74) is 0.720. The first-order valence-electron chi connectivity index (χ1n) is 6.91. The number of benzene rings is 1. The molecule has 0 amide bonds. The lowest BCUT2D eigenvalue weighted by atomic mass is 10.2. The predicted octanol–water partition coefficient (Wildman–Crippen LogP) is 1.82. The standard InChI is InChI=1S/C14H17N3O4S2/c1-9(2)21-13(18)10(3)17-23(19,20)14-15-12(16-22-14)11-7-5-4-6-8-11/h4-10,17H,1-3H3. The second-order valence-electron chi connectivity index (χ2n) is 5.08. The van der Waals surface area contributed by atoms with Gasteiger partial charge in [-0.1, -0.05) is 30.3 Å². The van der Waals surface area contributed by atoms with E-state index in [4.69, 9.17) is 4.74 Å². The Balaban J connectivity index is 2.14. The maximum absolute atomic E-state index is 12.3. The van der Waals surface area contributed by atoms with Crippen molar-refractivity contribution < 1.29 is 17.9 Å². The molecule has 23 heavy (non-hydrogen) atoms. The zero-order valence-electron chi connectivity index (χ0n) is 12.9. The van der Waals surface area contributed by atoms with Gasteiger partial charge in [-0.05, 0) is 32.3 Å². The molecule has 7 nitrogen and oxygen atoms in total. The minimum atomic E-state index is -3.93. The lowest BCUT2D eigenvalue weighted by Gasteiger charge is -2.14. The van der Waals surface area contributed by atoms with Crippen LogP contribution in [-0.4, -0.2) is 35.9 Å². The minimum absolute atomic E-state index is 0.194. The summed E-state index contributed by atoms with van der Waals surface area (Å²) in [6.45, 7) is 4.80. The van der Waals surface area contributed by atoms with Crippen molar-refractivity contribution in [3.05, 3.63) is 30.3 Å². The summed E-state index contributed by atoms with van der Waals surface area (Å²) in [7, 11) is -3.93. The Morgan fingerprint density at radius 1 is 1.22 bits per heavy atom. The molecule has 1 aromatic heterocycles. The molecule has 0 saturated carbocycles. The van der Waals surface area contributed by atoms with Gasteiger partial charge in [0.05, 0.1) is 6.10 Å². The number of carbonyl (C=O) groups is 1. The predicted molar refractivity (Wildman–Crippen MR) is 86.4 cm³/mol. The van der Waals surface area contributed by atoms with Gasteiger partial charge in [0.15, 0.2) is 5.82 Å². The van der Waals surface area contributed by atoms with Crippen molar-refractivity contribution in [1.29, 1.82) is 0 Å². The molecule has 2 aromatic rings. The van der Waals surface area contributed by atoms with E-state index in [0.29, 0.717) is 5.82 Å². The van der Waals surface area contributed by atoms with Gasteiger partial charge in [-0.15, -0.1) is 0 Å². The number of nitrogens with one attached hydrogen (secondary N) is 1. The topological polar surface area (TPSA) is 98.2 Å². The third-order valence-electron chi connectivity index (χ3n) is 2.71. The minimum Gasteiger partial charge on any atom is -0.462 e. The maximum atomic E-state index is 12.3. The Labute approximate surface area is 138 Å². The molecule has 9 heteroatoms. The molecule has 0 fully saturated rings. The van der Waals surface area contributed by atoms with Crippen LogP contribution in [-0.2, 0) is 19.6 Å². The number of hydrogen-bond acceptors (Lipinski definition) is 7. The highest BCUT2D eigenvalue weighted by atomic mass is 32.2. The van der Waals surface area contributed by atoms with Crippen molar-refractivity contribution in [2.24, 2.45) is 0 Å².